The largest absolute Gasteiger partial charge is 0.347 e. The molecule has 0 radical (unpaired) electrons. The molecule has 0 atom stereocenters. The molecule has 1 N–H and O–H groups in total. The highest BCUT2D eigenvalue weighted by Gasteiger charge is 2.11. The Kier molecular flexibility index (Phi) is 5.63. The van der Waals surface area contributed by atoms with Crippen LogP contribution in [0.25, 0.3) is 11.8 Å². The van der Waals surface area contributed by atoms with E-state index in [0.29, 0.717) is 17.9 Å². The van der Waals surface area contributed by atoms with Crippen LogP contribution in [-0.2, 0) is 11.3 Å². The molecule has 7 nitrogen and oxygen atoms in total. The minimum atomic E-state index is -0.470. The lowest BCUT2D eigenvalue weighted by atomic mass is 10.2. The summed E-state index contributed by atoms with van der Waals surface area (Å²) in [7, 11) is 0. The predicted octanol–water partition coefficient (Wildman–Crippen LogP) is 3.61. The van der Waals surface area contributed by atoms with Crippen molar-refractivity contribution in [3.63, 3.8) is 0 Å². The van der Waals surface area contributed by atoms with E-state index in [-0.39, 0.29) is 11.3 Å². The van der Waals surface area contributed by atoms with Gasteiger partial charge in [0.2, 0.25) is 0 Å². The summed E-state index contributed by atoms with van der Waals surface area (Å²) in [4.78, 5) is 22.7. The third-order valence-corrected chi connectivity index (χ3v) is 4.07. The Balaban J connectivity index is 1.80. The molecule has 0 unspecified atom stereocenters. The van der Waals surface area contributed by atoms with Gasteiger partial charge in [-0.05, 0) is 35.9 Å². The molecule has 1 aromatic heterocycles. The summed E-state index contributed by atoms with van der Waals surface area (Å²) in [5.41, 5.74) is 2.19. The van der Waals surface area contributed by atoms with Gasteiger partial charge in [-0.3, -0.25) is 14.9 Å². The van der Waals surface area contributed by atoms with E-state index in [2.05, 4.69) is 5.32 Å². The third kappa shape index (κ3) is 4.31. The van der Waals surface area contributed by atoms with Gasteiger partial charge in [0, 0.05) is 36.3 Å². The van der Waals surface area contributed by atoms with Crippen LogP contribution in [0.2, 0.25) is 0 Å². The number of carbonyl (C=O) groups excluding carboxylic acids is 1. The summed E-state index contributed by atoms with van der Waals surface area (Å²) in [6.07, 6.45) is 3.24. The van der Waals surface area contributed by atoms with E-state index in [1.165, 1.54) is 18.2 Å². The molecule has 3 rings (SSSR count). The molecule has 0 aliphatic heterocycles. The van der Waals surface area contributed by atoms with Crippen molar-refractivity contribution in [2.24, 2.45) is 0 Å². The summed E-state index contributed by atoms with van der Waals surface area (Å²) in [5.74, 6) is -0.470. The Morgan fingerprint density at radius 2 is 1.82 bits per heavy atom. The lowest BCUT2D eigenvalue weighted by molar-refractivity contribution is -0.384. The maximum absolute atomic E-state index is 12.4. The molecule has 0 bridgehead atoms. The number of hydrogen-bond donors (Lipinski definition) is 1. The Morgan fingerprint density at radius 1 is 1.11 bits per heavy atom. The molecule has 0 saturated heterocycles. The van der Waals surface area contributed by atoms with Crippen LogP contribution in [0.1, 0.15) is 11.3 Å². The number of non-ortho nitro benzene ring substituents is 1. The number of carbonyl (C=O) groups is 1. The van der Waals surface area contributed by atoms with E-state index in [1.807, 2.05) is 36.4 Å². The number of nitrogens with zero attached hydrogens (tertiary/aromatic N) is 3. The van der Waals surface area contributed by atoms with Crippen molar-refractivity contribution in [3.05, 3.63) is 99.9 Å². The number of aromatic nitrogens is 1. The maximum Gasteiger partial charge on any atom is 0.269 e. The first-order chi connectivity index (χ1) is 13.6. The minimum absolute atomic E-state index is 0.00833. The zero-order valence-corrected chi connectivity index (χ0v) is 14.8. The number of nitrogens with one attached hydrogen (secondary N) is 1. The average molecular weight is 372 g/mol. The highest BCUT2D eigenvalue weighted by Crippen LogP contribution is 2.19. The van der Waals surface area contributed by atoms with Crippen molar-refractivity contribution in [3.8, 4) is 11.8 Å². The SMILES string of the molecule is N#C/C(=C\c1cccn1-c1ccc([N+](=O)[O-])cc1)C(=O)NCc1ccccc1. The second-order valence-corrected chi connectivity index (χ2v) is 5.91. The van der Waals surface area contributed by atoms with Crippen LogP contribution >= 0.6 is 0 Å². The summed E-state index contributed by atoms with van der Waals surface area (Å²) in [5, 5.41) is 22.9. The zero-order chi connectivity index (χ0) is 19.9. The van der Waals surface area contributed by atoms with Crippen LogP contribution < -0.4 is 5.32 Å². The number of nitriles is 1. The standard InChI is InChI=1S/C21H16N4O3/c22-14-17(21(26)23-15-16-5-2-1-3-6-16)13-20-7-4-12-24(20)18-8-10-19(11-9-18)25(27)28/h1-13H,15H2,(H,23,26)/b17-13+. The number of nitro groups is 1. The molecule has 1 amide bonds. The summed E-state index contributed by atoms with van der Waals surface area (Å²) in [6.45, 7) is 0.321. The molecule has 28 heavy (non-hydrogen) atoms. The van der Waals surface area contributed by atoms with Gasteiger partial charge in [-0.1, -0.05) is 30.3 Å². The smallest absolute Gasteiger partial charge is 0.269 e. The predicted molar refractivity (Wildman–Crippen MR) is 104 cm³/mol. The van der Waals surface area contributed by atoms with Gasteiger partial charge in [-0.2, -0.15) is 5.26 Å². The average Bonchev–Trinajstić information content (AvgIpc) is 3.19. The fourth-order valence-corrected chi connectivity index (χ4v) is 2.65. The lowest BCUT2D eigenvalue weighted by Gasteiger charge is -2.08. The minimum Gasteiger partial charge on any atom is -0.347 e. The molecule has 0 aliphatic rings. The van der Waals surface area contributed by atoms with Crippen molar-refractivity contribution in [1.82, 2.24) is 9.88 Å². The Labute approximate surface area is 161 Å². The fraction of sp³-hybridized carbons (Fsp3) is 0.0476. The van der Waals surface area contributed by atoms with Crippen molar-refractivity contribution in [2.45, 2.75) is 6.54 Å². The quantitative estimate of drug-likeness (QED) is 0.309. The second kappa shape index (κ2) is 8.47. The van der Waals surface area contributed by atoms with Crippen LogP contribution in [0.15, 0.2) is 78.5 Å². The van der Waals surface area contributed by atoms with Crippen LogP contribution in [0.4, 0.5) is 5.69 Å². The molecular weight excluding hydrogens is 356 g/mol. The molecule has 0 spiro atoms. The first kappa shape index (κ1) is 18.6. The Hall–Kier alpha value is -4.18. The highest BCUT2D eigenvalue weighted by molar-refractivity contribution is 6.01. The Morgan fingerprint density at radius 3 is 2.46 bits per heavy atom. The number of hydrogen-bond acceptors (Lipinski definition) is 4. The van der Waals surface area contributed by atoms with Crippen molar-refractivity contribution >= 4 is 17.7 Å². The van der Waals surface area contributed by atoms with E-state index in [0.717, 1.165) is 5.56 Å². The van der Waals surface area contributed by atoms with Crippen LogP contribution in [0.3, 0.4) is 0 Å². The van der Waals surface area contributed by atoms with Gasteiger partial charge in [0.1, 0.15) is 11.6 Å². The van der Waals surface area contributed by atoms with Crippen LogP contribution in [0, 0.1) is 21.4 Å². The number of nitro benzene ring substituents is 1. The molecule has 7 heteroatoms. The van der Waals surface area contributed by atoms with Crippen LogP contribution in [-0.4, -0.2) is 15.4 Å². The summed E-state index contributed by atoms with van der Waals surface area (Å²) >= 11 is 0. The molecular formula is C21H16N4O3. The molecule has 2 aromatic carbocycles. The van der Waals surface area contributed by atoms with Crippen LogP contribution in [0.5, 0.6) is 0 Å². The van der Waals surface area contributed by atoms with E-state index < -0.39 is 10.8 Å². The highest BCUT2D eigenvalue weighted by atomic mass is 16.6. The van der Waals surface area contributed by atoms with Gasteiger partial charge in [-0.25, -0.2) is 0 Å². The lowest BCUT2D eigenvalue weighted by Crippen LogP contribution is -2.24. The zero-order valence-electron chi connectivity index (χ0n) is 14.8. The first-order valence-electron chi connectivity index (χ1n) is 8.44. The third-order valence-electron chi connectivity index (χ3n) is 4.07. The molecule has 0 fully saturated rings. The van der Waals surface area contributed by atoms with Gasteiger partial charge < -0.3 is 9.88 Å². The van der Waals surface area contributed by atoms with E-state index in [4.69, 9.17) is 0 Å². The molecule has 0 aliphatic carbocycles. The van der Waals surface area contributed by atoms with E-state index >= 15 is 0 Å². The van der Waals surface area contributed by atoms with Crippen molar-refractivity contribution < 1.29 is 9.72 Å². The van der Waals surface area contributed by atoms with Gasteiger partial charge >= 0.3 is 0 Å². The number of rotatable bonds is 6. The number of amides is 1. The topological polar surface area (TPSA) is 101 Å². The second-order valence-electron chi connectivity index (χ2n) is 5.91. The summed E-state index contributed by atoms with van der Waals surface area (Å²) in [6, 6.07) is 20.9. The van der Waals surface area contributed by atoms with Gasteiger partial charge in [0.15, 0.2) is 0 Å². The molecule has 138 valence electrons. The van der Waals surface area contributed by atoms with E-state index in [9.17, 15) is 20.2 Å². The van der Waals surface area contributed by atoms with Crippen molar-refractivity contribution in [2.75, 3.05) is 0 Å². The van der Waals surface area contributed by atoms with E-state index in [1.54, 1.807) is 35.0 Å². The molecule has 3 aromatic rings. The van der Waals surface area contributed by atoms with Gasteiger partial charge in [0.25, 0.3) is 11.6 Å². The monoisotopic (exact) mass is 372 g/mol. The summed E-state index contributed by atoms with van der Waals surface area (Å²) < 4.78 is 1.74. The molecule has 1 heterocycles. The van der Waals surface area contributed by atoms with Crippen molar-refractivity contribution in [1.29, 1.82) is 5.26 Å². The maximum atomic E-state index is 12.4. The van der Waals surface area contributed by atoms with Gasteiger partial charge in [0.05, 0.1) is 4.92 Å². The Bertz CT molecular complexity index is 1060. The fourth-order valence-electron chi connectivity index (χ4n) is 2.65. The first-order valence-corrected chi connectivity index (χ1v) is 8.44. The molecule has 0 saturated carbocycles. The number of benzene rings is 2. The normalized spacial score (nSPS) is 10.9. The van der Waals surface area contributed by atoms with Gasteiger partial charge in [-0.15, -0.1) is 0 Å².